The molecule has 0 aromatic heterocycles. The van der Waals surface area contributed by atoms with Gasteiger partial charge < -0.3 is 19.3 Å². The van der Waals surface area contributed by atoms with Crippen molar-refractivity contribution in [2.24, 2.45) is 5.10 Å². The van der Waals surface area contributed by atoms with E-state index in [9.17, 15) is 9.90 Å². The predicted molar refractivity (Wildman–Crippen MR) is 69.0 cm³/mol. The fourth-order valence-corrected chi connectivity index (χ4v) is 1.32. The summed E-state index contributed by atoms with van der Waals surface area (Å²) in [5.74, 6) is 0.738. The molecule has 0 heterocycles. The summed E-state index contributed by atoms with van der Waals surface area (Å²) >= 11 is 0. The quantitative estimate of drug-likeness (QED) is 0.623. The number of carbonyl (C=O) groups excluding carboxylic acids is 1. The van der Waals surface area contributed by atoms with Gasteiger partial charge in [0.15, 0.2) is 0 Å². The number of amides is 1. The fraction of sp³-hybridized carbons (Fsp3) is 0.333. The summed E-state index contributed by atoms with van der Waals surface area (Å²) in [5.41, 5.74) is 2.47. The summed E-state index contributed by atoms with van der Waals surface area (Å²) in [7, 11) is 2.93. The van der Waals surface area contributed by atoms with E-state index in [-0.39, 0.29) is 12.4 Å². The SMILES string of the molecule is CCOC(=O)N/N=C\c1c(O)cc(OC)cc1OC. The highest BCUT2D eigenvalue weighted by atomic mass is 16.5. The van der Waals surface area contributed by atoms with E-state index in [1.807, 2.05) is 0 Å². The number of rotatable bonds is 5. The van der Waals surface area contributed by atoms with Crippen molar-refractivity contribution in [2.45, 2.75) is 6.92 Å². The third-order valence-corrected chi connectivity index (χ3v) is 2.17. The highest BCUT2D eigenvalue weighted by Gasteiger charge is 2.10. The van der Waals surface area contributed by atoms with Crippen molar-refractivity contribution in [2.75, 3.05) is 20.8 Å². The Bertz CT molecular complexity index is 473. The number of ether oxygens (including phenoxy) is 3. The van der Waals surface area contributed by atoms with E-state index in [0.717, 1.165) is 0 Å². The van der Waals surface area contributed by atoms with Gasteiger partial charge in [-0.1, -0.05) is 0 Å². The number of hydrogen-bond donors (Lipinski definition) is 2. The van der Waals surface area contributed by atoms with E-state index in [4.69, 9.17) is 9.47 Å². The molecule has 1 aromatic rings. The van der Waals surface area contributed by atoms with Crippen LogP contribution in [-0.2, 0) is 4.74 Å². The van der Waals surface area contributed by atoms with E-state index in [2.05, 4.69) is 15.3 Å². The second-order valence-electron chi connectivity index (χ2n) is 3.35. The van der Waals surface area contributed by atoms with Gasteiger partial charge in [-0.15, -0.1) is 0 Å². The van der Waals surface area contributed by atoms with Gasteiger partial charge in [-0.25, -0.2) is 10.2 Å². The van der Waals surface area contributed by atoms with Gasteiger partial charge in [0.2, 0.25) is 0 Å². The standard InChI is InChI=1S/C12H16N2O5/c1-4-19-12(16)14-13-7-9-10(15)5-8(17-2)6-11(9)18-3/h5-7,15H,4H2,1-3H3,(H,14,16)/b13-7-. The molecule has 0 bridgehead atoms. The molecule has 0 aliphatic rings. The number of aromatic hydroxyl groups is 1. The van der Waals surface area contributed by atoms with Crippen molar-refractivity contribution < 1.29 is 24.1 Å². The molecule has 0 fully saturated rings. The monoisotopic (exact) mass is 268 g/mol. The van der Waals surface area contributed by atoms with Gasteiger partial charge in [0, 0.05) is 12.1 Å². The topological polar surface area (TPSA) is 89.4 Å². The number of phenolic OH excluding ortho intramolecular Hbond substituents is 1. The van der Waals surface area contributed by atoms with Gasteiger partial charge in [-0.05, 0) is 6.92 Å². The second kappa shape index (κ2) is 7.10. The summed E-state index contributed by atoms with van der Waals surface area (Å²) in [6, 6.07) is 3.00. The zero-order chi connectivity index (χ0) is 14.3. The molecule has 1 rings (SSSR count). The van der Waals surface area contributed by atoms with Crippen molar-refractivity contribution in [3.05, 3.63) is 17.7 Å². The van der Waals surface area contributed by atoms with Crippen LogP contribution in [0.5, 0.6) is 17.2 Å². The third kappa shape index (κ3) is 4.06. The molecule has 1 aromatic carbocycles. The smallest absolute Gasteiger partial charge is 0.427 e. The van der Waals surface area contributed by atoms with Crippen LogP contribution in [0.25, 0.3) is 0 Å². The number of benzene rings is 1. The van der Waals surface area contributed by atoms with Gasteiger partial charge in [-0.2, -0.15) is 5.10 Å². The molecule has 0 unspecified atom stereocenters. The van der Waals surface area contributed by atoms with Crippen molar-refractivity contribution in [3.63, 3.8) is 0 Å². The summed E-state index contributed by atoms with van der Waals surface area (Å²) in [5, 5.41) is 13.5. The number of nitrogens with zero attached hydrogens (tertiary/aromatic N) is 1. The maximum Gasteiger partial charge on any atom is 0.427 e. The summed E-state index contributed by atoms with van der Waals surface area (Å²) in [6.45, 7) is 1.93. The lowest BCUT2D eigenvalue weighted by atomic mass is 10.2. The number of hydrogen-bond acceptors (Lipinski definition) is 6. The van der Waals surface area contributed by atoms with Crippen molar-refractivity contribution in [1.29, 1.82) is 0 Å². The highest BCUT2D eigenvalue weighted by Crippen LogP contribution is 2.31. The predicted octanol–water partition coefficient (Wildman–Crippen LogP) is 1.49. The van der Waals surface area contributed by atoms with Crippen LogP contribution < -0.4 is 14.9 Å². The first-order valence-corrected chi connectivity index (χ1v) is 5.53. The number of nitrogens with one attached hydrogen (secondary N) is 1. The third-order valence-electron chi connectivity index (χ3n) is 2.17. The van der Waals surface area contributed by atoms with Crippen molar-refractivity contribution in [3.8, 4) is 17.2 Å². The van der Waals surface area contributed by atoms with E-state index in [1.165, 1.54) is 26.5 Å². The van der Waals surface area contributed by atoms with Gasteiger partial charge in [0.1, 0.15) is 17.2 Å². The summed E-state index contributed by atoms with van der Waals surface area (Å²) in [4.78, 5) is 11.0. The average Bonchev–Trinajstić information content (AvgIpc) is 2.40. The normalized spacial score (nSPS) is 10.3. The molecule has 7 nitrogen and oxygen atoms in total. The second-order valence-corrected chi connectivity index (χ2v) is 3.35. The van der Waals surface area contributed by atoms with Crippen LogP contribution in [0.3, 0.4) is 0 Å². The molecule has 7 heteroatoms. The molecule has 104 valence electrons. The molecule has 0 aliphatic carbocycles. The van der Waals surface area contributed by atoms with Crippen LogP contribution >= 0.6 is 0 Å². The lowest BCUT2D eigenvalue weighted by Crippen LogP contribution is -2.18. The first-order chi connectivity index (χ1) is 9.12. The molecule has 0 saturated carbocycles. The lowest BCUT2D eigenvalue weighted by molar-refractivity contribution is 0.152. The average molecular weight is 268 g/mol. The molecular weight excluding hydrogens is 252 g/mol. The Hall–Kier alpha value is -2.44. The largest absolute Gasteiger partial charge is 0.507 e. The number of hydrazone groups is 1. The van der Waals surface area contributed by atoms with E-state index >= 15 is 0 Å². The summed E-state index contributed by atoms with van der Waals surface area (Å²) < 4.78 is 14.7. The molecule has 1 amide bonds. The van der Waals surface area contributed by atoms with Crippen LogP contribution in [-0.4, -0.2) is 38.2 Å². The molecule has 19 heavy (non-hydrogen) atoms. The van der Waals surface area contributed by atoms with Crippen LogP contribution in [0.15, 0.2) is 17.2 Å². The fourth-order valence-electron chi connectivity index (χ4n) is 1.32. The van der Waals surface area contributed by atoms with Crippen LogP contribution in [0.1, 0.15) is 12.5 Å². The maximum atomic E-state index is 11.0. The van der Waals surface area contributed by atoms with Crippen LogP contribution in [0.2, 0.25) is 0 Å². The van der Waals surface area contributed by atoms with Gasteiger partial charge >= 0.3 is 6.09 Å². The first-order valence-electron chi connectivity index (χ1n) is 5.53. The van der Waals surface area contributed by atoms with Crippen molar-refractivity contribution >= 4 is 12.3 Å². The first kappa shape index (κ1) is 14.6. The lowest BCUT2D eigenvalue weighted by Gasteiger charge is -2.09. The summed E-state index contributed by atoms with van der Waals surface area (Å²) in [6.07, 6.45) is 0.579. The Balaban J connectivity index is 2.88. The molecule has 0 radical (unpaired) electrons. The van der Waals surface area contributed by atoms with Crippen LogP contribution in [0, 0.1) is 0 Å². The Labute approximate surface area is 110 Å². The van der Waals surface area contributed by atoms with E-state index in [0.29, 0.717) is 17.1 Å². The van der Waals surface area contributed by atoms with E-state index < -0.39 is 6.09 Å². The minimum atomic E-state index is -0.675. The van der Waals surface area contributed by atoms with Crippen LogP contribution in [0.4, 0.5) is 4.79 Å². The molecule has 0 aliphatic heterocycles. The minimum Gasteiger partial charge on any atom is -0.507 e. The Morgan fingerprint density at radius 2 is 2.16 bits per heavy atom. The molecule has 2 N–H and O–H groups in total. The molecule has 0 spiro atoms. The maximum absolute atomic E-state index is 11.0. The zero-order valence-electron chi connectivity index (χ0n) is 11.0. The minimum absolute atomic E-state index is 0.0781. The van der Waals surface area contributed by atoms with E-state index in [1.54, 1.807) is 13.0 Å². The Kier molecular flexibility index (Phi) is 5.46. The number of methoxy groups -OCH3 is 2. The van der Waals surface area contributed by atoms with Gasteiger partial charge in [0.25, 0.3) is 0 Å². The molecule has 0 saturated heterocycles. The Morgan fingerprint density at radius 3 is 2.74 bits per heavy atom. The van der Waals surface area contributed by atoms with Gasteiger partial charge in [-0.3, -0.25) is 0 Å². The molecular formula is C12H16N2O5. The number of carbonyl (C=O) groups is 1. The van der Waals surface area contributed by atoms with Crippen molar-refractivity contribution in [1.82, 2.24) is 5.43 Å². The zero-order valence-corrected chi connectivity index (χ0v) is 11.0. The molecule has 0 atom stereocenters. The van der Waals surface area contributed by atoms with Gasteiger partial charge in [0.05, 0.1) is 32.6 Å². The highest BCUT2D eigenvalue weighted by molar-refractivity contribution is 5.88. The number of phenols is 1. The Morgan fingerprint density at radius 1 is 1.42 bits per heavy atom.